The summed E-state index contributed by atoms with van der Waals surface area (Å²) in [4.78, 5) is 15.0. The molecule has 4 heteroatoms. The van der Waals surface area contributed by atoms with Gasteiger partial charge in [0.05, 0.1) is 11.4 Å². The standard InChI is InChI=1S/C20H22N2O2/c23-20(21-17-11-13-24-14-12-17)22-18-7-3-1-5-15(18)9-10-16-6-2-4-8-19(16)22/h1-8,17H,9-14H2,(H,21,23). The van der Waals surface area contributed by atoms with Crippen LogP contribution >= 0.6 is 0 Å². The van der Waals surface area contributed by atoms with Crippen LogP contribution in [-0.4, -0.2) is 25.3 Å². The summed E-state index contributed by atoms with van der Waals surface area (Å²) in [5.41, 5.74) is 4.42. The third kappa shape index (κ3) is 2.89. The molecule has 0 radical (unpaired) electrons. The van der Waals surface area contributed by atoms with Crippen molar-refractivity contribution in [2.24, 2.45) is 0 Å². The lowest BCUT2D eigenvalue weighted by atomic mass is 10.0. The molecule has 2 heterocycles. The van der Waals surface area contributed by atoms with E-state index in [-0.39, 0.29) is 12.1 Å². The van der Waals surface area contributed by atoms with Gasteiger partial charge in [-0.05, 0) is 48.9 Å². The van der Waals surface area contributed by atoms with Gasteiger partial charge in [0.2, 0.25) is 0 Å². The number of rotatable bonds is 1. The van der Waals surface area contributed by atoms with Crippen molar-refractivity contribution in [2.45, 2.75) is 31.7 Å². The molecule has 0 aliphatic carbocycles. The van der Waals surface area contributed by atoms with Gasteiger partial charge in [-0.3, -0.25) is 4.90 Å². The van der Waals surface area contributed by atoms with Crippen LogP contribution < -0.4 is 10.2 Å². The van der Waals surface area contributed by atoms with Gasteiger partial charge < -0.3 is 10.1 Å². The fourth-order valence-corrected chi connectivity index (χ4v) is 3.58. The molecule has 124 valence electrons. The third-order valence-corrected chi connectivity index (χ3v) is 4.88. The summed E-state index contributed by atoms with van der Waals surface area (Å²) in [5, 5.41) is 3.21. The van der Waals surface area contributed by atoms with E-state index in [0.717, 1.165) is 50.3 Å². The van der Waals surface area contributed by atoms with Crippen LogP contribution in [0.25, 0.3) is 0 Å². The topological polar surface area (TPSA) is 41.6 Å². The molecule has 2 aromatic rings. The molecule has 0 bridgehead atoms. The van der Waals surface area contributed by atoms with Gasteiger partial charge >= 0.3 is 6.03 Å². The van der Waals surface area contributed by atoms with Crippen molar-refractivity contribution >= 4 is 17.4 Å². The summed E-state index contributed by atoms with van der Waals surface area (Å²) in [7, 11) is 0. The van der Waals surface area contributed by atoms with Gasteiger partial charge in [-0.25, -0.2) is 4.79 Å². The molecular formula is C20H22N2O2. The molecule has 4 rings (SSSR count). The van der Waals surface area contributed by atoms with E-state index in [1.165, 1.54) is 11.1 Å². The maximum atomic E-state index is 13.1. The minimum atomic E-state index is -0.0382. The Hall–Kier alpha value is -2.33. The van der Waals surface area contributed by atoms with Gasteiger partial charge in [0.1, 0.15) is 0 Å². The van der Waals surface area contributed by atoms with Crippen LogP contribution in [0.5, 0.6) is 0 Å². The fraction of sp³-hybridized carbons (Fsp3) is 0.350. The smallest absolute Gasteiger partial charge is 0.326 e. The highest BCUT2D eigenvalue weighted by Gasteiger charge is 2.27. The number of fused-ring (bicyclic) bond motifs is 2. The molecule has 1 N–H and O–H groups in total. The first kappa shape index (κ1) is 15.2. The lowest BCUT2D eigenvalue weighted by Crippen LogP contribution is -2.45. The van der Waals surface area contributed by atoms with Gasteiger partial charge in [0.25, 0.3) is 0 Å². The molecule has 0 atom stereocenters. The highest BCUT2D eigenvalue weighted by Crippen LogP contribution is 2.36. The Morgan fingerprint density at radius 1 is 0.917 bits per heavy atom. The number of nitrogens with zero attached hydrogens (tertiary/aromatic N) is 1. The first-order valence-electron chi connectivity index (χ1n) is 8.67. The minimum Gasteiger partial charge on any atom is -0.381 e. The Morgan fingerprint density at radius 2 is 1.46 bits per heavy atom. The van der Waals surface area contributed by atoms with Crippen molar-refractivity contribution in [1.29, 1.82) is 0 Å². The minimum absolute atomic E-state index is 0.0382. The largest absolute Gasteiger partial charge is 0.381 e. The second-order valence-corrected chi connectivity index (χ2v) is 6.43. The highest BCUT2D eigenvalue weighted by molar-refractivity contribution is 6.01. The van der Waals surface area contributed by atoms with Crippen molar-refractivity contribution in [3.05, 3.63) is 59.7 Å². The lowest BCUT2D eigenvalue weighted by Gasteiger charge is -2.29. The zero-order valence-electron chi connectivity index (χ0n) is 13.7. The van der Waals surface area contributed by atoms with Crippen LogP contribution in [0, 0.1) is 0 Å². The van der Waals surface area contributed by atoms with Crippen LogP contribution in [0.15, 0.2) is 48.5 Å². The van der Waals surface area contributed by atoms with Crippen molar-refractivity contribution in [3.8, 4) is 0 Å². The molecule has 0 unspecified atom stereocenters. The molecule has 24 heavy (non-hydrogen) atoms. The zero-order chi connectivity index (χ0) is 16.4. The molecule has 0 saturated carbocycles. The van der Waals surface area contributed by atoms with E-state index in [0.29, 0.717) is 0 Å². The fourth-order valence-electron chi connectivity index (χ4n) is 3.58. The number of aryl methyl sites for hydroxylation is 2. The Kier molecular flexibility index (Phi) is 4.22. The van der Waals surface area contributed by atoms with Crippen molar-refractivity contribution < 1.29 is 9.53 Å². The number of amides is 2. The first-order valence-corrected chi connectivity index (χ1v) is 8.67. The van der Waals surface area contributed by atoms with E-state index in [1.807, 2.05) is 41.3 Å². The number of ether oxygens (including phenoxy) is 1. The number of nitrogens with one attached hydrogen (secondary N) is 1. The number of carbonyl (C=O) groups is 1. The number of hydrogen-bond donors (Lipinski definition) is 1. The van der Waals surface area contributed by atoms with E-state index in [4.69, 9.17) is 4.74 Å². The number of hydrogen-bond acceptors (Lipinski definition) is 2. The first-order chi connectivity index (χ1) is 11.8. The molecule has 2 aliphatic heterocycles. The Labute approximate surface area is 142 Å². The summed E-state index contributed by atoms with van der Waals surface area (Å²) in [6, 6.07) is 16.6. The SMILES string of the molecule is O=C(NC1CCOCC1)N1c2ccccc2CCc2ccccc21. The van der Waals surface area contributed by atoms with E-state index >= 15 is 0 Å². The number of anilines is 2. The van der Waals surface area contributed by atoms with Crippen LogP contribution in [0.2, 0.25) is 0 Å². The highest BCUT2D eigenvalue weighted by atomic mass is 16.5. The zero-order valence-corrected chi connectivity index (χ0v) is 13.7. The van der Waals surface area contributed by atoms with Crippen LogP contribution in [0.3, 0.4) is 0 Å². The predicted octanol–water partition coefficient (Wildman–Crippen LogP) is 3.81. The molecule has 1 fully saturated rings. The van der Waals surface area contributed by atoms with Crippen molar-refractivity contribution in [2.75, 3.05) is 18.1 Å². The average molecular weight is 322 g/mol. The summed E-state index contributed by atoms with van der Waals surface area (Å²) >= 11 is 0. The molecule has 4 nitrogen and oxygen atoms in total. The summed E-state index contributed by atoms with van der Waals surface area (Å²) in [5.74, 6) is 0. The predicted molar refractivity (Wildman–Crippen MR) is 94.8 cm³/mol. The van der Waals surface area contributed by atoms with Gasteiger partial charge in [-0.2, -0.15) is 0 Å². The number of para-hydroxylation sites is 2. The maximum absolute atomic E-state index is 13.1. The van der Waals surface area contributed by atoms with E-state index in [1.54, 1.807) is 0 Å². The second kappa shape index (κ2) is 6.65. The van der Waals surface area contributed by atoms with Gasteiger partial charge in [0, 0.05) is 19.3 Å². The maximum Gasteiger partial charge on any atom is 0.326 e. The van der Waals surface area contributed by atoms with Gasteiger partial charge in [-0.15, -0.1) is 0 Å². The molecule has 0 aromatic heterocycles. The molecule has 2 aliphatic rings. The molecular weight excluding hydrogens is 300 g/mol. The van der Waals surface area contributed by atoms with Crippen LogP contribution in [0.1, 0.15) is 24.0 Å². The van der Waals surface area contributed by atoms with E-state index < -0.39 is 0 Å². The second-order valence-electron chi connectivity index (χ2n) is 6.43. The quantitative estimate of drug-likeness (QED) is 0.867. The normalized spacial score (nSPS) is 17.6. The molecule has 2 amide bonds. The van der Waals surface area contributed by atoms with Gasteiger partial charge in [-0.1, -0.05) is 36.4 Å². The average Bonchev–Trinajstić information content (AvgIpc) is 2.79. The van der Waals surface area contributed by atoms with E-state index in [9.17, 15) is 4.79 Å². The molecule has 1 saturated heterocycles. The van der Waals surface area contributed by atoms with Crippen molar-refractivity contribution in [1.82, 2.24) is 5.32 Å². The Bertz CT molecular complexity index is 690. The number of urea groups is 1. The van der Waals surface area contributed by atoms with Gasteiger partial charge in [0.15, 0.2) is 0 Å². The number of carbonyl (C=O) groups excluding carboxylic acids is 1. The van der Waals surface area contributed by atoms with E-state index in [2.05, 4.69) is 17.4 Å². The summed E-state index contributed by atoms with van der Waals surface area (Å²) < 4.78 is 5.39. The van der Waals surface area contributed by atoms with Crippen LogP contribution in [-0.2, 0) is 17.6 Å². The lowest BCUT2D eigenvalue weighted by molar-refractivity contribution is 0.0804. The van der Waals surface area contributed by atoms with Crippen molar-refractivity contribution in [3.63, 3.8) is 0 Å². The third-order valence-electron chi connectivity index (χ3n) is 4.88. The van der Waals surface area contributed by atoms with Crippen LogP contribution in [0.4, 0.5) is 16.2 Å². The monoisotopic (exact) mass is 322 g/mol. The molecule has 2 aromatic carbocycles. The summed E-state index contributed by atoms with van der Waals surface area (Å²) in [6.07, 6.45) is 3.66. The summed E-state index contributed by atoms with van der Waals surface area (Å²) in [6.45, 7) is 1.44. The molecule has 0 spiro atoms. The Balaban J connectivity index is 1.70. The number of benzene rings is 2. The Morgan fingerprint density at radius 3 is 2.04 bits per heavy atom.